The minimum absolute atomic E-state index is 0.0310. The van der Waals surface area contributed by atoms with Crippen LogP contribution < -0.4 is 5.73 Å². The Hall–Kier alpha value is -2.24. The van der Waals surface area contributed by atoms with Gasteiger partial charge in [0.25, 0.3) is 0 Å². The number of carbonyl (C=O) groups is 4. The van der Waals surface area contributed by atoms with Gasteiger partial charge >= 0.3 is 5.97 Å². The van der Waals surface area contributed by atoms with Crippen molar-refractivity contribution in [3.05, 3.63) is 24.8 Å². The Labute approximate surface area is 105 Å². The molecule has 0 aromatic heterocycles. The van der Waals surface area contributed by atoms with Crippen molar-refractivity contribution < 1.29 is 23.9 Å². The monoisotopic (exact) mass is 255 g/mol. The van der Waals surface area contributed by atoms with Gasteiger partial charge in [-0.15, -0.1) is 0 Å². The van der Waals surface area contributed by atoms with Crippen LogP contribution in [0.3, 0.4) is 0 Å². The number of hydrogen-bond acceptors (Lipinski definition) is 5. The molecule has 0 aromatic rings. The minimum atomic E-state index is -0.689. The maximum absolute atomic E-state index is 11.0. The Kier molecular flexibility index (Phi) is 10.0. The normalized spacial score (nSPS) is 8.33. The van der Waals surface area contributed by atoms with Crippen LogP contribution in [0, 0.1) is 0 Å². The Balaban J connectivity index is 0. The highest BCUT2D eigenvalue weighted by Crippen LogP contribution is 2.01. The van der Waals surface area contributed by atoms with Crippen LogP contribution in [-0.2, 0) is 23.9 Å². The lowest BCUT2D eigenvalue weighted by Gasteiger charge is -2.02. The molecule has 0 radical (unpaired) electrons. The Bertz CT molecular complexity index is 371. The van der Waals surface area contributed by atoms with Crippen LogP contribution in [-0.4, -0.2) is 30.0 Å². The molecule has 0 heterocycles. The van der Waals surface area contributed by atoms with E-state index >= 15 is 0 Å². The summed E-state index contributed by atoms with van der Waals surface area (Å²) in [6, 6.07) is 0. The maximum atomic E-state index is 11.0. The number of carbonyl (C=O) groups excluding carboxylic acids is 4. The van der Waals surface area contributed by atoms with Gasteiger partial charge < -0.3 is 10.5 Å². The molecule has 0 saturated heterocycles. The number of ether oxygens (including phenoxy) is 1. The number of esters is 1. The van der Waals surface area contributed by atoms with Crippen molar-refractivity contribution in [1.29, 1.82) is 0 Å². The van der Waals surface area contributed by atoms with Gasteiger partial charge in [0.05, 0.1) is 0 Å². The summed E-state index contributed by atoms with van der Waals surface area (Å²) in [6.07, 6.45) is 1.02. The predicted molar refractivity (Wildman–Crippen MR) is 65.5 cm³/mol. The Morgan fingerprint density at radius 1 is 1.17 bits per heavy atom. The standard InChI is InChI=1S/C9H12O4.C3H5NO/c1-6(4-7(2)10)9(12)13-5-8(3)11;1-2-3(4)5/h1,4-5H2,2-3H3;2H,1H2,(H2,4,5). The number of hydrogen-bond donors (Lipinski definition) is 1. The molecule has 0 saturated carbocycles. The largest absolute Gasteiger partial charge is 0.454 e. The first-order chi connectivity index (χ1) is 8.20. The summed E-state index contributed by atoms with van der Waals surface area (Å²) >= 11 is 0. The van der Waals surface area contributed by atoms with Crippen LogP contribution in [0.5, 0.6) is 0 Å². The Morgan fingerprint density at radius 3 is 1.89 bits per heavy atom. The van der Waals surface area contributed by atoms with E-state index in [1.807, 2.05) is 0 Å². The van der Waals surface area contributed by atoms with E-state index in [4.69, 9.17) is 0 Å². The van der Waals surface area contributed by atoms with Crippen LogP contribution in [0.15, 0.2) is 24.8 Å². The van der Waals surface area contributed by atoms with Crippen molar-refractivity contribution in [1.82, 2.24) is 0 Å². The lowest BCUT2D eigenvalue weighted by molar-refractivity contribution is -0.144. The average molecular weight is 255 g/mol. The second kappa shape index (κ2) is 9.95. The summed E-state index contributed by atoms with van der Waals surface area (Å²) in [7, 11) is 0. The second-order valence-electron chi connectivity index (χ2n) is 3.37. The molecule has 0 unspecified atom stereocenters. The SMILES string of the molecule is C=C(CC(C)=O)C(=O)OCC(C)=O.C=CC(N)=O. The topological polar surface area (TPSA) is 104 Å². The molecular weight excluding hydrogens is 238 g/mol. The third-order valence-corrected chi connectivity index (χ3v) is 1.36. The number of amides is 1. The first-order valence-corrected chi connectivity index (χ1v) is 4.96. The summed E-state index contributed by atoms with van der Waals surface area (Å²) < 4.78 is 4.53. The van der Waals surface area contributed by atoms with E-state index < -0.39 is 11.9 Å². The molecule has 1 amide bonds. The first kappa shape index (κ1) is 18.1. The molecule has 0 aliphatic carbocycles. The smallest absolute Gasteiger partial charge is 0.334 e. The van der Waals surface area contributed by atoms with Crippen LogP contribution in [0.25, 0.3) is 0 Å². The molecule has 6 heteroatoms. The van der Waals surface area contributed by atoms with Crippen molar-refractivity contribution in [2.24, 2.45) is 5.73 Å². The van der Waals surface area contributed by atoms with Gasteiger partial charge in [0.2, 0.25) is 5.91 Å². The van der Waals surface area contributed by atoms with Gasteiger partial charge in [0.15, 0.2) is 5.78 Å². The average Bonchev–Trinajstić information content (AvgIpc) is 2.25. The number of rotatable bonds is 6. The molecule has 18 heavy (non-hydrogen) atoms. The molecule has 0 atom stereocenters. The highest BCUT2D eigenvalue weighted by molar-refractivity contribution is 5.95. The molecule has 0 bridgehead atoms. The molecule has 0 aliphatic rings. The van der Waals surface area contributed by atoms with E-state index in [0.29, 0.717) is 0 Å². The lowest BCUT2D eigenvalue weighted by atomic mass is 10.2. The number of Topliss-reactive ketones (excluding diaryl/α,β-unsaturated/α-hetero) is 2. The van der Waals surface area contributed by atoms with E-state index in [0.717, 1.165) is 6.08 Å². The minimum Gasteiger partial charge on any atom is -0.454 e. The van der Waals surface area contributed by atoms with E-state index in [1.165, 1.54) is 13.8 Å². The molecule has 2 N–H and O–H groups in total. The van der Waals surface area contributed by atoms with Crippen LogP contribution in [0.2, 0.25) is 0 Å². The molecule has 0 aromatic carbocycles. The fourth-order valence-corrected chi connectivity index (χ4v) is 0.642. The number of ketones is 2. The number of nitrogens with two attached hydrogens (primary N) is 1. The molecular formula is C12H17NO5. The quantitative estimate of drug-likeness (QED) is 0.543. The second-order valence-corrected chi connectivity index (χ2v) is 3.37. The summed E-state index contributed by atoms with van der Waals surface area (Å²) in [6.45, 7) is 8.84. The highest BCUT2D eigenvalue weighted by atomic mass is 16.5. The van der Waals surface area contributed by atoms with Gasteiger partial charge in [-0.2, -0.15) is 0 Å². The van der Waals surface area contributed by atoms with Crippen LogP contribution in [0.4, 0.5) is 0 Å². The maximum Gasteiger partial charge on any atom is 0.334 e. The van der Waals surface area contributed by atoms with E-state index in [-0.39, 0.29) is 30.2 Å². The third kappa shape index (κ3) is 13.8. The zero-order valence-electron chi connectivity index (χ0n) is 10.5. The summed E-state index contributed by atoms with van der Waals surface area (Å²) in [5, 5.41) is 0. The van der Waals surface area contributed by atoms with Gasteiger partial charge in [-0.3, -0.25) is 14.4 Å². The van der Waals surface area contributed by atoms with Crippen molar-refractivity contribution in [3.8, 4) is 0 Å². The van der Waals surface area contributed by atoms with Crippen LogP contribution in [0.1, 0.15) is 20.3 Å². The molecule has 6 nitrogen and oxygen atoms in total. The van der Waals surface area contributed by atoms with Crippen molar-refractivity contribution in [2.75, 3.05) is 6.61 Å². The van der Waals surface area contributed by atoms with Gasteiger partial charge in [0, 0.05) is 12.0 Å². The molecule has 100 valence electrons. The Morgan fingerprint density at radius 2 is 1.61 bits per heavy atom. The van der Waals surface area contributed by atoms with E-state index in [9.17, 15) is 19.2 Å². The van der Waals surface area contributed by atoms with Gasteiger partial charge in [-0.25, -0.2) is 4.79 Å². The number of primary amides is 1. The molecule has 0 fully saturated rings. The summed E-state index contributed by atoms with van der Waals surface area (Å²) in [5.74, 6) is -1.58. The van der Waals surface area contributed by atoms with E-state index in [1.54, 1.807) is 0 Å². The molecule has 0 spiro atoms. The predicted octanol–water partition coefficient (Wildman–Crippen LogP) is 0.312. The fraction of sp³-hybridized carbons (Fsp3) is 0.333. The molecule has 0 aliphatic heterocycles. The van der Waals surface area contributed by atoms with Crippen molar-refractivity contribution >= 4 is 23.4 Å². The highest BCUT2D eigenvalue weighted by Gasteiger charge is 2.10. The summed E-state index contributed by atoms with van der Waals surface area (Å²) in [5.41, 5.74) is 4.61. The summed E-state index contributed by atoms with van der Waals surface area (Å²) in [4.78, 5) is 41.4. The first-order valence-electron chi connectivity index (χ1n) is 4.96. The zero-order chi connectivity index (χ0) is 14.7. The van der Waals surface area contributed by atoms with Gasteiger partial charge in [-0.05, 0) is 19.9 Å². The van der Waals surface area contributed by atoms with Crippen molar-refractivity contribution in [3.63, 3.8) is 0 Å². The van der Waals surface area contributed by atoms with Gasteiger partial charge in [0.1, 0.15) is 12.4 Å². The third-order valence-electron chi connectivity index (χ3n) is 1.36. The van der Waals surface area contributed by atoms with Crippen molar-refractivity contribution in [2.45, 2.75) is 20.3 Å². The molecule has 0 rings (SSSR count). The zero-order valence-corrected chi connectivity index (χ0v) is 10.5. The lowest BCUT2D eigenvalue weighted by Crippen LogP contribution is -2.14. The van der Waals surface area contributed by atoms with Gasteiger partial charge in [-0.1, -0.05) is 13.2 Å². The van der Waals surface area contributed by atoms with E-state index in [2.05, 4.69) is 23.6 Å². The van der Waals surface area contributed by atoms with Crippen LogP contribution >= 0.6 is 0 Å². The fourth-order valence-electron chi connectivity index (χ4n) is 0.642.